The molecular weight excluding hydrogens is 399 g/mol. The zero-order valence-electron chi connectivity index (χ0n) is 16.8. The molecule has 0 spiro atoms. The Labute approximate surface area is 177 Å². The van der Waals surface area contributed by atoms with Gasteiger partial charge in [0.25, 0.3) is 0 Å². The molecule has 0 fully saturated rings. The maximum absolute atomic E-state index is 13.6. The Morgan fingerprint density at radius 2 is 1.71 bits per heavy atom. The van der Waals surface area contributed by atoms with Crippen molar-refractivity contribution >= 4 is 17.4 Å². The normalized spacial score (nSPS) is 10.5. The fraction of sp³-hybridized carbons (Fsp3) is 0.0909. The van der Waals surface area contributed by atoms with Crippen LogP contribution in [0.25, 0.3) is 5.82 Å². The molecule has 2 aromatic heterocycles. The van der Waals surface area contributed by atoms with Gasteiger partial charge in [-0.2, -0.15) is 0 Å². The van der Waals surface area contributed by atoms with E-state index in [1.54, 1.807) is 61.8 Å². The Morgan fingerprint density at radius 3 is 2.42 bits per heavy atom. The summed E-state index contributed by atoms with van der Waals surface area (Å²) in [6, 6.07) is 12.5. The van der Waals surface area contributed by atoms with Crippen LogP contribution in [0.1, 0.15) is 11.4 Å². The molecular formula is C22H19FN6O2. The molecule has 0 bridgehead atoms. The molecule has 156 valence electrons. The van der Waals surface area contributed by atoms with E-state index < -0.39 is 6.03 Å². The van der Waals surface area contributed by atoms with Crippen molar-refractivity contribution in [2.24, 2.45) is 0 Å². The van der Waals surface area contributed by atoms with Gasteiger partial charge in [-0.3, -0.25) is 4.57 Å². The number of hydrogen-bond acceptors (Lipinski definition) is 5. The minimum atomic E-state index is -0.479. The number of rotatable bonds is 5. The maximum Gasteiger partial charge on any atom is 0.323 e. The van der Waals surface area contributed by atoms with Crippen LogP contribution in [-0.2, 0) is 0 Å². The summed E-state index contributed by atoms with van der Waals surface area (Å²) in [5.41, 5.74) is 1.43. The van der Waals surface area contributed by atoms with Crippen molar-refractivity contribution in [3.63, 3.8) is 0 Å². The lowest BCUT2D eigenvalue weighted by Crippen LogP contribution is -2.19. The maximum atomic E-state index is 13.6. The molecule has 0 radical (unpaired) electrons. The highest BCUT2D eigenvalue weighted by atomic mass is 19.1. The predicted molar refractivity (Wildman–Crippen MR) is 114 cm³/mol. The summed E-state index contributed by atoms with van der Waals surface area (Å²) in [5.74, 6) is 1.97. The van der Waals surface area contributed by atoms with Crippen molar-refractivity contribution in [1.82, 2.24) is 19.5 Å². The number of halogens is 1. The summed E-state index contributed by atoms with van der Waals surface area (Å²) in [6.45, 7) is 3.53. The van der Waals surface area contributed by atoms with Crippen molar-refractivity contribution in [2.45, 2.75) is 13.8 Å². The van der Waals surface area contributed by atoms with Gasteiger partial charge in [-0.1, -0.05) is 6.07 Å². The number of nitrogens with zero attached hydrogens (tertiary/aromatic N) is 4. The largest absolute Gasteiger partial charge is 0.439 e. The first-order valence-electron chi connectivity index (χ1n) is 9.42. The average molecular weight is 418 g/mol. The highest BCUT2D eigenvalue weighted by Crippen LogP contribution is 2.23. The van der Waals surface area contributed by atoms with Crippen molar-refractivity contribution in [1.29, 1.82) is 0 Å². The van der Waals surface area contributed by atoms with Crippen LogP contribution >= 0.6 is 0 Å². The van der Waals surface area contributed by atoms with Crippen molar-refractivity contribution in [2.75, 3.05) is 10.6 Å². The van der Waals surface area contributed by atoms with E-state index in [1.807, 2.05) is 11.5 Å². The van der Waals surface area contributed by atoms with Gasteiger partial charge in [0.2, 0.25) is 5.88 Å². The topological polar surface area (TPSA) is 94.0 Å². The molecule has 4 aromatic rings. The Morgan fingerprint density at radius 1 is 0.968 bits per heavy atom. The first-order valence-corrected chi connectivity index (χ1v) is 9.42. The molecule has 0 aliphatic rings. The van der Waals surface area contributed by atoms with Crippen molar-refractivity contribution in [3.8, 4) is 17.4 Å². The third kappa shape index (κ3) is 4.84. The van der Waals surface area contributed by atoms with Gasteiger partial charge in [0.05, 0.1) is 0 Å². The van der Waals surface area contributed by atoms with Gasteiger partial charge in [-0.05, 0) is 55.8 Å². The van der Waals surface area contributed by atoms with Crippen LogP contribution in [0.15, 0.2) is 67.3 Å². The molecule has 2 heterocycles. The monoisotopic (exact) mass is 418 g/mol. The summed E-state index contributed by atoms with van der Waals surface area (Å²) in [5, 5.41) is 5.28. The molecule has 31 heavy (non-hydrogen) atoms. The van der Waals surface area contributed by atoms with E-state index >= 15 is 0 Å². The van der Waals surface area contributed by atoms with Crippen molar-refractivity contribution < 1.29 is 13.9 Å². The molecule has 0 unspecified atom stereocenters. The van der Waals surface area contributed by atoms with Crippen LogP contribution in [0.5, 0.6) is 11.6 Å². The lowest BCUT2D eigenvalue weighted by atomic mass is 10.2. The van der Waals surface area contributed by atoms with Crippen LogP contribution in [0.4, 0.5) is 20.6 Å². The molecule has 0 saturated carbocycles. The minimum absolute atomic E-state index is 0.369. The van der Waals surface area contributed by atoms with Crippen LogP contribution in [0, 0.1) is 19.7 Å². The van der Waals surface area contributed by atoms with Crippen LogP contribution < -0.4 is 15.4 Å². The van der Waals surface area contributed by atoms with E-state index in [9.17, 15) is 9.18 Å². The van der Waals surface area contributed by atoms with E-state index in [2.05, 4.69) is 25.6 Å². The lowest BCUT2D eigenvalue weighted by molar-refractivity contribution is 0.262. The smallest absolute Gasteiger partial charge is 0.323 e. The summed E-state index contributed by atoms with van der Waals surface area (Å²) in [4.78, 5) is 24.7. The first-order chi connectivity index (χ1) is 15.0. The number of carbonyl (C=O) groups excluding carboxylic acids is 1. The Balaban J connectivity index is 1.39. The Bertz CT molecular complexity index is 1220. The molecule has 0 aliphatic heterocycles. The van der Waals surface area contributed by atoms with E-state index in [1.165, 1.54) is 12.4 Å². The number of urea groups is 1. The quantitative estimate of drug-likeness (QED) is 0.483. The molecule has 2 N–H and O–H groups in total. The summed E-state index contributed by atoms with van der Waals surface area (Å²) < 4.78 is 21.2. The van der Waals surface area contributed by atoms with Crippen LogP contribution in [0.3, 0.4) is 0 Å². The van der Waals surface area contributed by atoms with Gasteiger partial charge in [0.1, 0.15) is 29.5 Å². The molecule has 4 rings (SSSR count). The van der Waals surface area contributed by atoms with Crippen LogP contribution in [0.2, 0.25) is 0 Å². The fourth-order valence-corrected chi connectivity index (χ4v) is 2.83. The summed E-state index contributed by atoms with van der Waals surface area (Å²) in [7, 11) is 0. The van der Waals surface area contributed by atoms with Gasteiger partial charge in [0, 0.05) is 29.8 Å². The number of aryl methyl sites for hydroxylation is 2. The number of anilines is 2. The molecule has 2 aromatic carbocycles. The highest BCUT2D eigenvalue weighted by molar-refractivity contribution is 5.99. The zero-order chi connectivity index (χ0) is 21.8. The number of benzene rings is 2. The zero-order valence-corrected chi connectivity index (χ0v) is 16.8. The third-order valence-corrected chi connectivity index (χ3v) is 4.46. The SMILES string of the molecule is Cc1ccc(NC(=O)Nc2ccc(Oc3cc(-n4ccnc4C)ncn3)cc2)cc1F. The number of carbonyl (C=O) groups is 1. The molecule has 0 aliphatic carbocycles. The number of amides is 2. The van der Waals surface area contributed by atoms with Gasteiger partial charge >= 0.3 is 6.03 Å². The molecule has 2 amide bonds. The van der Waals surface area contributed by atoms with Crippen molar-refractivity contribution in [3.05, 3.63) is 84.5 Å². The molecule has 8 nitrogen and oxygen atoms in total. The Hall–Kier alpha value is -4.27. The Kier molecular flexibility index (Phi) is 5.57. The van der Waals surface area contributed by atoms with E-state index in [-0.39, 0.29) is 5.82 Å². The van der Waals surface area contributed by atoms with E-state index in [4.69, 9.17) is 4.74 Å². The third-order valence-electron chi connectivity index (χ3n) is 4.46. The van der Waals surface area contributed by atoms with Gasteiger partial charge < -0.3 is 15.4 Å². The average Bonchev–Trinajstić information content (AvgIpc) is 3.18. The summed E-state index contributed by atoms with van der Waals surface area (Å²) in [6.07, 6.45) is 4.91. The van der Waals surface area contributed by atoms with Gasteiger partial charge in [0.15, 0.2) is 0 Å². The number of ether oxygens (including phenoxy) is 1. The fourth-order valence-electron chi connectivity index (χ4n) is 2.83. The second kappa shape index (κ2) is 8.62. The number of nitrogens with one attached hydrogen (secondary N) is 2. The number of hydrogen-bond donors (Lipinski definition) is 2. The number of aromatic nitrogens is 4. The molecule has 9 heteroatoms. The summed E-state index contributed by atoms with van der Waals surface area (Å²) >= 11 is 0. The number of imidazole rings is 1. The first kappa shape index (κ1) is 20.0. The minimum Gasteiger partial charge on any atom is -0.439 e. The second-order valence-electron chi connectivity index (χ2n) is 6.73. The lowest BCUT2D eigenvalue weighted by Gasteiger charge is -2.10. The van der Waals surface area contributed by atoms with Crippen LogP contribution in [-0.4, -0.2) is 25.6 Å². The van der Waals surface area contributed by atoms with E-state index in [0.29, 0.717) is 34.4 Å². The standard InChI is InChI=1S/C22H19FN6O2/c1-14-3-4-17(11-19(14)23)28-22(30)27-16-5-7-18(8-6-16)31-21-12-20(25-13-26-21)29-10-9-24-15(29)2/h3-13H,1-2H3,(H2,27,28,30). The van der Waals surface area contributed by atoms with E-state index in [0.717, 1.165) is 5.82 Å². The van der Waals surface area contributed by atoms with Gasteiger partial charge in [-0.15, -0.1) is 0 Å². The van der Waals surface area contributed by atoms with Gasteiger partial charge in [-0.25, -0.2) is 24.1 Å². The second-order valence-corrected chi connectivity index (χ2v) is 6.73. The molecule has 0 saturated heterocycles. The molecule has 0 atom stereocenters. The highest BCUT2D eigenvalue weighted by Gasteiger charge is 2.08. The predicted octanol–water partition coefficient (Wildman–Crippen LogP) is 4.85.